The maximum absolute atomic E-state index is 12.7. The van der Waals surface area contributed by atoms with Crippen LogP contribution in [0.15, 0.2) is 34.9 Å². The summed E-state index contributed by atoms with van der Waals surface area (Å²) in [6.07, 6.45) is -4.00. The lowest BCUT2D eigenvalue weighted by Crippen LogP contribution is -2.05. The molecular weight excluding hydrogens is 243 g/mol. The molecule has 0 amide bonds. The monoisotopic (exact) mass is 251 g/mol. The number of nitriles is 1. The molecule has 0 aliphatic rings. The summed E-state index contributed by atoms with van der Waals surface area (Å²) < 4.78 is 42.9. The zero-order valence-electron chi connectivity index (χ0n) is 9.38. The third-order valence-corrected chi connectivity index (χ3v) is 2.60. The second kappa shape index (κ2) is 4.22. The number of hydrogen-bond donors (Lipinski definition) is 0. The van der Waals surface area contributed by atoms with Gasteiger partial charge in [0, 0.05) is 5.56 Å². The van der Waals surface area contributed by atoms with E-state index in [0.717, 1.165) is 5.56 Å². The number of aryl methyl sites for hydroxylation is 1. The first kappa shape index (κ1) is 12.2. The van der Waals surface area contributed by atoms with Crippen LogP contribution in [0.4, 0.5) is 13.2 Å². The summed E-state index contributed by atoms with van der Waals surface area (Å²) in [6.45, 7) is 1.74. The minimum absolute atomic E-state index is 0.0390. The van der Waals surface area contributed by atoms with Crippen molar-refractivity contribution in [2.24, 2.45) is 0 Å². The van der Waals surface area contributed by atoms with Gasteiger partial charge in [-0.15, -0.1) is 0 Å². The molecule has 2 rings (SSSR count). The standard InChI is InChI=1S/C13H8F3NO/c1-8-4-2-3-5-9(8)12-10(6-17)11(7-18-12)13(14,15)16/h2-5,7H,1H3. The third-order valence-electron chi connectivity index (χ3n) is 2.60. The molecule has 0 atom stereocenters. The summed E-state index contributed by atoms with van der Waals surface area (Å²) in [5, 5.41) is 8.89. The maximum Gasteiger partial charge on any atom is 0.420 e. The first-order valence-electron chi connectivity index (χ1n) is 5.10. The molecule has 0 fully saturated rings. The van der Waals surface area contributed by atoms with Crippen molar-refractivity contribution < 1.29 is 17.6 Å². The Kier molecular flexibility index (Phi) is 2.87. The normalized spacial score (nSPS) is 11.3. The number of halogens is 3. The number of furan rings is 1. The lowest BCUT2D eigenvalue weighted by atomic mass is 10.0. The fourth-order valence-electron chi connectivity index (χ4n) is 1.70. The van der Waals surface area contributed by atoms with Crippen LogP contribution in [0, 0.1) is 18.3 Å². The summed E-state index contributed by atoms with van der Waals surface area (Å²) in [6, 6.07) is 8.37. The van der Waals surface area contributed by atoms with E-state index in [2.05, 4.69) is 0 Å². The highest BCUT2D eigenvalue weighted by atomic mass is 19.4. The predicted octanol–water partition coefficient (Wildman–Crippen LogP) is 4.15. The van der Waals surface area contributed by atoms with Gasteiger partial charge in [-0.25, -0.2) is 0 Å². The van der Waals surface area contributed by atoms with E-state index >= 15 is 0 Å². The van der Waals surface area contributed by atoms with Crippen LogP contribution < -0.4 is 0 Å². The van der Waals surface area contributed by atoms with E-state index in [0.29, 0.717) is 11.8 Å². The molecule has 2 aromatic rings. The SMILES string of the molecule is Cc1ccccc1-c1occ(C(F)(F)F)c1C#N. The van der Waals surface area contributed by atoms with Crippen molar-refractivity contribution in [3.63, 3.8) is 0 Å². The molecule has 0 aliphatic heterocycles. The van der Waals surface area contributed by atoms with E-state index in [-0.39, 0.29) is 5.76 Å². The molecule has 18 heavy (non-hydrogen) atoms. The predicted molar refractivity (Wildman–Crippen MR) is 58.6 cm³/mol. The van der Waals surface area contributed by atoms with Gasteiger partial charge in [0.05, 0.1) is 0 Å². The van der Waals surface area contributed by atoms with Gasteiger partial charge >= 0.3 is 6.18 Å². The van der Waals surface area contributed by atoms with E-state index in [1.54, 1.807) is 37.3 Å². The van der Waals surface area contributed by atoms with Crippen molar-refractivity contribution >= 4 is 0 Å². The van der Waals surface area contributed by atoms with Crippen LogP contribution in [0.3, 0.4) is 0 Å². The highest BCUT2D eigenvalue weighted by Crippen LogP contribution is 2.38. The average Bonchev–Trinajstić information content (AvgIpc) is 2.72. The first-order chi connectivity index (χ1) is 8.45. The lowest BCUT2D eigenvalue weighted by molar-refractivity contribution is -0.138. The molecule has 0 saturated heterocycles. The van der Waals surface area contributed by atoms with Crippen LogP contribution in [-0.4, -0.2) is 0 Å². The molecule has 0 radical (unpaired) electrons. The van der Waals surface area contributed by atoms with Gasteiger partial charge in [-0.05, 0) is 12.5 Å². The maximum atomic E-state index is 12.7. The van der Waals surface area contributed by atoms with E-state index in [1.165, 1.54) is 0 Å². The Bertz CT molecular complexity index is 620. The summed E-state index contributed by atoms with van der Waals surface area (Å²) in [7, 11) is 0. The second-order valence-corrected chi connectivity index (χ2v) is 3.78. The summed E-state index contributed by atoms with van der Waals surface area (Å²) >= 11 is 0. The Hall–Kier alpha value is -2.22. The number of hydrogen-bond acceptors (Lipinski definition) is 2. The van der Waals surface area contributed by atoms with E-state index in [4.69, 9.17) is 9.68 Å². The second-order valence-electron chi connectivity index (χ2n) is 3.78. The molecule has 0 unspecified atom stereocenters. The first-order valence-corrected chi connectivity index (χ1v) is 5.10. The quantitative estimate of drug-likeness (QED) is 0.763. The molecule has 0 saturated carbocycles. The minimum Gasteiger partial charge on any atom is -0.462 e. The van der Waals surface area contributed by atoms with Gasteiger partial charge in [-0.3, -0.25) is 0 Å². The minimum atomic E-state index is -4.59. The number of benzene rings is 1. The average molecular weight is 251 g/mol. The topological polar surface area (TPSA) is 36.9 Å². The summed E-state index contributed by atoms with van der Waals surface area (Å²) in [4.78, 5) is 0. The molecule has 0 spiro atoms. The third kappa shape index (κ3) is 1.97. The van der Waals surface area contributed by atoms with Gasteiger partial charge < -0.3 is 4.42 Å². The molecule has 0 N–H and O–H groups in total. The molecule has 0 bridgehead atoms. The molecular formula is C13H8F3NO. The Morgan fingerprint density at radius 2 is 1.89 bits per heavy atom. The number of alkyl halides is 3. The van der Waals surface area contributed by atoms with Gasteiger partial charge in [-0.1, -0.05) is 24.3 Å². The zero-order valence-corrected chi connectivity index (χ0v) is 9.38. The van der Waals surface area contributed by atoms with Gasteiger partial charge in [0.1, 0.15) is 23.5 Å². The largest absolute Gasteiger partial charge is 0.462 e. The highest BCUT2D eigenvalue weighted by molar-refractivity contribution is 5.70. The van der Waals surface area contributed by atoms with Crippen LogP contribution in [0.25, 0.3) is 11.3 Å². The van der Waals surface area contributed by atoms with Crippen LogP contribution >= 0.6 is 0 Å². The molecule has 1 aromatic heterocycles. The highest BCUT2D eigenvalue weighted by Gasteiger charge is 2.37. The van der Waals surface area contributed by atoms with Gasteiger partial charge in [0.2, 0.25) is 0 Å². The van der Waals surface area contributed by atoms with Crippen LogP contribution in [0.5, 0.6) is 0 Å². The summed E-state index contributed by atoms with van der Waals surface area (Å²) in [5.74, 6) is -0.0390. The lowest BCUT2D eigenvalue weighted by Gasteiger charge is -2.04. The zero-order chi connectivity index (χ0) is 13.3. The molecule has 2 nitrogen and oxygen atoms in total. The number of rotatable bonds is 1. The Labute approximate surface area is 101 Å². The number of nitrogens with zero attached hydrogens (tertiary/aromatic N) is 1. The van der Waals surface area contributed by atoms with Crippen molar-refractivity contribution in [1.82, 2.24) is 0 Å². The van der Waals surface area contributed by atoms with E-state index in [9.17, 15) is 13.2 Å². The van der Waals surface area contributed by atoms with Crippen molar-refractivity contribution in [3.8, 4) is 17.4 Å². The Morgan fingerprint density at radius 1 is 1.22 bits per heavy atom. The van der Waals surface area contributed by atoms with Gasteiger partial charge in [-0.2, -0.15) is 18.4 Å². The molecule has 5 heteroatoms. The van der Waals surface area contributed by atoms with E-state index in [1.807, 2.05) is 0 Å². The van der Waals surface area contributed by atoms with E-state index < -0.39 is 17.3 Å². The van der Waals surface area contributed by atoms with Crippen LogP contribution in [0.2, 0.25) is 0 Å². The fourth-order valence-corrected chi connectivity index (χ4v) is 1.70. The van der Waals surface area contributed by atoms with Crippen molar-refractivity contribution in [2.75, 3.05) is 0 Å². The Balaban J connectivity index is 2.66. The molecule has 92 valence electrons. The molecule has 0 aliphatic carbocycles. The molecule has 1 heterocycles. The van der Waals surface area contributed by atoms with Gasteiger partial charge in [0.25, 0.3) is 0 Å². The molecule has 1 aromatic carbocycles. The smallest absolute Gasteiger partial charge is 0.420 e. The van der Waals surface area contributed by atoms with Crippen molar-refractivity contribution in [2.45, 2.75) is 13.1 Å². The van der Waals surface area contributed by atoms with Crippen molar-refractivity contribution in [3.05, 3.63) is 47.2 Å². The van der Waals surface area contributed by atoms with Gasteiger partial charge in [0.15, 0.2) is 5.76 Å². The fraction of sp³-hybridized carbons (Fsp3) is 0.154. The Morgan fingerprint density at radius 3 is 2.44 bits per heavy atom. The van der Waals surface area contributed by atoms with Crippen LogP contribution in [-0.2, 0) is 6.18 Å². The van der Waals surface area contributed by atoms with Crippen molar-refractivity contribution in [1.29, 1.82) is 5.26 Å². The van der Waals surface area contributed by atoms with Crippen LogP contribution in [0.1, 0.15) is 16.7 Å². The summed E-state index contributed by atoms with van der Waals surface area (Å²) in [5.41, 5.74) is -0.276.